The van der Waals surface area contributed by atoms with Crippen molar-refractivity contribution in [1.29, 1.82) is 0 Å². The summed E-state index contributed by atoms with van der Waals surface area (Å²) in [5.74, 6) is -3.13. The van der Waals surface area contributed by atoms with Gasteiger partial charge in [0.1, 0.15) is 6.54 Å². The zero-order chi connectivity index (χ0) is 23.0. The van der Waals surface area contributed by atoms with Crippen molar-refractivity contribution in [2.24, 2.45) is 17.8 Å². The van der Waals surface area contributed by atoms with Gasteiger partial charge in [0.15, 0.2) is 5.78 Å². The minimum absolute atomic E-state index is 0.134. The fourth-order valence-corrected chi connectivity index (χ4v) is 4.60. The highest BCUT2D eigenvalue weighted by molar-refractivity contribution is 9.10. The maximum atomic E-state index is 13.4. The largest absolute Gasteiger partial charge is 0.292 e. The highest BCUT2D eigenvalue weighted by Gasteiger charge is 2.53. The Morgan fingerprint density at radius 1 is 1.03 bits per heavy atom. The van der Waals surface area contributed by atoms with Gasteiger partial charge in [0.05, 0.1) is 11.8 Å². The van der Waals surface area contributed by atoms with E-state index in [1.165, 1.54) is 12.1 Å². The van der Waals surface area contributed by atoms with E-state index in [1.54, 1.807) is 36.4 Å². The number of carbonyl (C=O) groups is 4. The van der Waals surface area contributed by atoms with Crippen LogP contribution in [-0.2, 0) is 9.59 Å². The number of rotatable bonds is 5. The summed E-state index contributed by atoms with van der Waals surface area (Å²) in [7, 11) is 0. The Morgan fingerprint density at radius 2 is 1.66 bits per heavy atom. The SMILES string of the molecule is C[C@@H]1C=CC[C@@H]2C(=O)N(N(CC(=O)c3ccc(Br)cc3)C(=O)c3ccc(Cl)cc3)C(=O)[C@@H]12. The first-order valence-corrected chi connectivity index (χ1v) is 11.4. The van der Waals surface area contributed by atoms with Crippen LogP contribution in [-0.4, -0.2) is 40.1 Å². The highest BCUT2D eigenvalue weighted by Crippen LogP contribution is 2.39. The summed E-state index contributed by atoms with van der Waals surface area (Å²) in [5, 5.41) is 2.30. The van der Waals surface area contributed by atoms with Crippen molar-refractivity contribution in [3.8, 4) is 0 Å². The van der Waals surface area contributed by atoms with Gasteiger partial charge in [0.2, 0.25) is 0 Å². The van der Waals surface area contributed by atoms with Crippen LogP contribution in [0.25, 0.3) is 0 Å². The molecule has 0 saturated carbocycles. The quantitative estimate of drug-likeness (QED) is 0.333. The molecular formula is C24H20BrClN2O4. The number of carbonyl (C=O) groups excluding carboxylic acids is 4. The van der Waals surface area contributed by atoms with E-state index in [-0.39, 0.29) is 17.3 Å². The lowest BCUT2D eigenvalue weighted by molar-refractivity contribution is -0.154. The summed E-state index contributed by atoms with van der Waals surface area (Å²) >= 11 is 9.26. The molecule has 0 N–H and O–H groups in total. The van der Waals surface area contributed by atoms with Crippen LogP contribution in [0.5, 0.6) is 0 Å². The van der Waals surface area contributed by atoms with E-state index in [4.69, 9.17) is 11.6 Å². The van der Waals surface area contributed by atoms with E-state index in [0.29, 0.717) is 17.0 Å². The normalized spacial score (nSPS) is 22.1. The Hall–Kier alpha value is -2.77. The Balaban J connectivity index is 1.70. The van der Waals surface area contributed by atoms with E-state index in [9.17, 15) is 19.2 Å². The van der Waals surface area contributed by atoms with Crippen molar-refractivity contribution in [1.82, 2.24) is 10.0 Å². The highest BCUT2D eigenvalue weighted by atomic mass is 79.9. The molecule has 1 saturated heterocycles. The average molecular weight is 516 g/mol. The molecule has 2 aliphatic rings. The molecule has 6 nitrogen and oxygen atoms in total. The van der Waals surface area contributed by atoms with Crippen LogP contribution in [0.1, 0.15) is 34.1 Å². The Bertz CT molecular complexity index is 1110. The van der Waals surface area contributed by atoms with Gasteiger partial charge in [0, 0.05) is 20.6 Å². The molecule has 4 rings (SSSR count). The molecule has 32 heavy (non-hydrogen) atoms. The lowest BCUT2D eigenvalue weighted by Gasteiger charge is -2.30. The number of allylic oxidation sites excluding steroid dienone is 2. The van der Waals surface area contributed by atoms with Crippen LogP contribution in [0, 0.1) is 17.8 Å². The van der Waals surface area contributed by atoms with E-state index in [2.05, 4.69) is 15.9 Å². The van der Waals surface area contributed by atoms with E-state index in [1.807, 2.05) is 19.1 Å². The summed E-state index contributed by atoms with van der Waals surface area (Å²) in [4.78, 5) is 52.9. The van der Waals surface area contributed by atoms with Gasteiger partial charge in [-0.25, -0.2) is 5.01 Å². The first kappa shape index (κ1) is 22.4. The smallest absolute Gasteiger partial charge is 0.273 e. The molecule has 1 aliphatic heterocycles. The topological polar surface area (TPSA) is 74.8 Å². The molecule has 164 valence electrons. The maximum Gasteiger partial charge on any atom is 0.273 e. The fourth-order valence-electron chi connectivity index (χ4n) is 4.21. The minimum Gasteiger partial charge on any atom is -0.292 e. The number of benzene rings is 2. The molecule has 0 radical (unpaired) electrons. The van der Waals surface area contributed by atoms with Crippen molar-refractivity contribution in [2.75, 3.05) is 6.54 Å². The molecule has 3 amide bonds. The van der Waals surface area contributed by atoms with Crippen molar-refractivity contribution >= 4 is 51.0 Å². The maximum absolute atomic E-state index is 13.4. The molecule has 1 fully saturated rings. The van der Waals surface area contributed by atoms with Crippen LogP contribution in [0.3, 0.4) is 0 Å². The summed E-state index contributed by atoms with van der Waals surface area (Å²) < 4.78 is 0.804. The average Bonchev–Trinajstić information content (AvgIpc) is 3.03. The molecule has 1 aliphatic carbocycles. The standard InChI is InChI=1S/C24H20BrClN2O4/c1-14-3-2-4-19-21(14)24(32)28(23(19)31)27(22(30)16-7-11-18(26)12-8-16)13-20(29)15-5-9-17(25)10-6-15/h2-3,5-12,14,19,21H,4,13H2,1H3/t14-,19+,21+/m1/s1. The zero-order valence-corrected chi connectivity index (χ0v) is 19.5. The third-order valence-electron chi connectivity index (χ3n) is 5.88. The fraction of sp³-hybridized carbons (Fsp3) is 0.250. The molecule has 0 bridgehead atoms. The molecule has 1 heterocycles. The van der Waals surface area contributed by atoms with E-state index in [0.717, 1.165) is 14.5 Å². The van der Waals surface area contributed by atoms with Crippen LogP contribution in [0.2, 0.25) is 5.02 Å². The lowest BCUT2D eigenvalue weighted by atomic mass is 9.78. The number of amides is 3. The molecule has 0 spiro atoms. The van der Waals surface area contributed by atoms with Gasteiger partial charge in [-0.2, -0.15) is 5.01 Å². The minimum atomic E-state index is -0.618. The molecule has 0 aromatic heterocycles. The second kappa shape index (κ2) is 9.00. The number of hydrazine groups is 1. The van der Waals surface area contributed by atoms with E-state index < -0.39 is 36.1 Å². The first-order valence-electron chi connectivity index (χ1n) is 10.2. The van der Waals surface area contributed by atoms with Crippen molar-refractivity contribution < 1.29 is 19.2 Å². The van der Waals surface area contributed by atoms with Gasteiger partial charge in [-0.3, -0.25) is 19.2 Å². The molecule has 0 unspecified atom stereocenters. The number of Topliss-reactive ketones (excluding diaryl/α,β-unsaturated/α-hetero) is 1. The number of ketones is 1. The third kappa shape index (κ3) is 4.14. The Kier molecular flexibility index (Phi) is 6.31. The number of imide groups is 1. The van der Waals surface area contributed by atoms with E-state index >= 15 is 0 Å². The summed E-state index contributed by atoms with van der Waals surface area (Å²) in [6.07, 6.45) is 4.23. The second-order valence-corrected chi connectivity index (χ2v) is 9.30. The number of hydrogen-bond acceptors (Lipinski definition) is 4. The van der Waals surface area contributed by atoms with Crippen LogP contribution >= 0.6 is 27.5 Å². The second-order valence-electron chi connectivity index (χ2n) is 7.94. The van der Waals surface area contributed by atoms with Gasteiger partial charge in [0.25, 0.3) is 17.7 Å². The molecule has 2 aromatic carbocycles. The summed E-state index contributed by atoms with van der Waals surface area (Å²) in [6.45, 7) is 1.43. The monoisotopic (exact) mass is 514 g/mol. The van der Waals surface area contributed by atoms with Crippen molar-refractivity contribution in [3.05, 3.63) is 81.3 Å². The van der Waals surface area contributed by atoms with Crippen molar-refractivity contribution in [3.63, 3.8) is 0 Å². The predicted molar refractivity (Wildman–Crippen MR) is 123 cm³/mol. The van der Waals surface area contributed by atoms with Gasteiger partial charge in [-0.05, 0) is 48.7 Å². The first-order chi connectivity index (χ1) is 15.3. The predicted octanol–water partition coefficient (Wildman–Crippen LogP) is 4.54. The Morgan fingerprint density at radius 3 is 2.28 bits per heavy atom. The number of halogens is 2. The third-order valence-corrected chi connectivity index (χ3v) is 6.66. The van der Waals surface area contributed by atoms with Gasteiger partial charge in [-0.1, -0.05) is 58.7 Å². The lowest BCUT2D eigenvalue weighted by Crippen LogP contribution is -2.52. The van der Waals surface area contributed by atoms with Gasteiger partial charge < -0.3 is 0 Å². The van der Waals surface area contributed by atoms with Crippen molar-refractivity contribution in [2.45, 2.75) is 13.3 Å². The Labute approximate surface area is 198 Å². The summed E-state index contributed by atoms with van der Waals surface area (Å²) in [5.41, 5.74) is 0.591. The van der Waals surface area contributed by atoms with Crippen LogP contribution in [0.15, 0.2) is 65.2 Å². The number of fused-ring (bicyclic) bond motifs is 1. The number of nitrogens with zero attached hydrogens (tertiary/aromatic N) is 2. The van der Waals surface area contributed by atoms with Crippen LogP contribution < -0.4 is 0 Å². The van der Waals surface area contributed by atoms with Gasteiger partial charge >= 0.3 is 0 Å². The molecule has 2 aromatic rings. The molecule has 8 heteroatoms. The molecular weight excluding hydrogens is 496 g/mol. The molecule has 3 atom stereocenters. The summed E-state index contributed by atoms with van der Waals surface area (Å²) in [6, 6.07) is 12.8. The number of hydrogen-bond donors (Lipinski definition) is 0. The van der Waals surface area contributed by atoms with Crippen LogP contribution in [0.4, 0.5) is 0 Å². The van der Waals surface area contributed by atoms with Gasteiger partial charge in [-0.15, -0.1) is 0 Å². The zero-order valence-electron chi connectivity index (χ0n) is 17.2.